The zero-order valence-corrected chi connectivity index (χ0v) is 11.3. The van der Waals surface area contributed by atoms with Crippen LogP contribution in [-0.4, -0.2) is 29.3 Å². The van der Waals surface area contributed by atoms with Gasteiger partial charge in [-0.2, -0.15) is 0 Å². The molecule has 1 aromatic carbocycles. The van der Waals surface area contributed by atoms with Crippen molar-refractivity contribution in [3.8, 4) is 11.8 Å². The average Bonchev–Trinajstić information content (AvgIpc) is 2.38. The topological polar surface area (TPSA) is 64.5 Å². The van der Waals surface area contributed by atoms with E-state index < -0.39 is 11.9 Å². The fourth-order valence-corrected chi connectivity index (χ4v) is 1.98. The Labute approximate surface area is 114 Å². The van der Waals surface area contributed by atoms with Crippen LogP contribution in [0.25, 0.3) is 11.0 Å². The predicted octanol–water partition coefficient (Wildman–Crippen LogP) is 2.49. The van der Waals surface area contributed by atoms with Crippen molar-refractivity contribution >= 4 is 22.6 Å². The summed E-state index contributed by atoms with van der Waals surface area (Å²) in [4.78, 5) is 8.26. The van der Waals surface area contributed by atoms with Gasteiger partial charge < -0.3 is 14.6 Å². The van der Waals surface area contributed by atoms with Crippen molar-refractivity contribution in [3.05, 3.63) is 22.5 Å². The van der Waals surface area contributed by atoms with Gasteiger partial charge in [-0.05, 0) is 13.0 Å². The van der Waals surface area contributed by atoms with Crippen molar-refractivity contribution in [1.82, 2.24) is 9.97 Å². The molecule has 5 nitrogen and oxygen atoms in total. The molecule has 0 aliphatic carbocycles. The van der Waals surface area contributed by atoms with E-state index in [4.69, 9.17) is 21.1 Å². The van der Waals surface area contributed by atoms with Gasteiger partial charge in [-0.1, -0.05) is 11.6 Å². The summed E-state index contributed by atoms with van der Waals surface area (Å²) in [6.45, 7) is 1.42. The third-order valence-electron chi connectivity index (χ3n) is 2.63. The second-order valence-corrected chi connectivity index (χ2v) is 4.28. The molecule has 2 rings (SSSR count). The largest absolute Gasteiger partial charge is 0.477 e. The maximum atomic E-state index is 14.0. The summed E-state index contributed by atoms with van der Waals surface area (Å²) in [5, 5.41) is 9.54. The van der Waals surface area contributed by atoms with E-state index in [-0.39, 0.29) is 27.9 Å². The van der Waals surface area contributed by atoms with Gasteiger partial charge in [-0.3, -0.25) is 0 Å². The number of aromatic nitrogens is 2. The van der Waals surface area contributed by atoms with Crippen LogP contribution < -0.4 is 9.47 Å². The zero-order valence-electron chi connectivity index (χ0n) is 10.6. The third-order valence-corrected chi connectivity index (χ3v) is 2.91. The lowest BCUT2D eigenvalue weighted by atomic mass is 10.1. The molecule has 0 aliphatic heterocycles. The molecule has 0 saturated carbocycles. The zero-order chi connectivity index (χ0) is 14.2. The van der Waals surface area contributed by atoms with E-state index >= 15 is 0 Å². The van der Waals surface area contributed by atoms with Crippen molar-refractivity contribution in [2.75, 3.05) is 14.2 Å². The Morgan fingerprint density at radius 2 is 1.84 bits per heavy atom. The Morgan fingerprint density at radius 1 is 1.26 bits per heavy atom. The molecule has 0 spiro atoms. The Bertz CT molecular complexity index is 634. The predicted molar refractivity (Wildman–Crippen MR) is 68.2 cm³/mol. The number of aliphatic hydroxyl groups excluding tert-OH is 1. The number of methoxy groups -OCH3 is 2. The number of ether oxygens (including phenoxy) is 2. The number of fused-ring (bicyclic) bond motifs is 1. The van der Waals surface area contributed by atoms with Gasteiger partial charge in [0, 0.05) is 5.56 Å². The lowest BCUT2D eigenvalue weighted by molar-refractivity contribution is 0.195. The summed E-state index contributed by atoms with van der Waals surface area (Å²) < 4.78 is 24.0. The molecule has 0 fully saturated rings. The van der Waals surface area contributed by atoms with Gasteiger partial charge in [0.05, 0.1) is 30.9 Å². The lowest BCUT2D eigenvalue weighted by Crippen LogP contribution is -2.04. The molecule has 1 atom stereocenters. The van der Waals surface area contributed by atoms with Gasteiger partial charge >= 0.3 is 0 Å². The lowest BCUT2D eigenvalue weighted by Gasteiger charge is -2.13. The Balaban J connectivity index is 2.87. The van der Waals surface area contributed by atoms with Crippen LogP contribution in [-0.2, 0) is 0 Å². The van der Waals surface area contributed by atoms with E-state index in [0.29, 0.717) is 5.52 Å². The molecule has 1 heterocycles. The highest BCUT2D eigenvalue weighted by Crippen LogP contribution is 2.33. The molecule has 1 unspecified atom stereocenters. The van der Waals surface area contributed by atoms with E-state index in [0.717, 1.165) is 0 Å². The molecule has 0 bridgehead atoms. The first-order chi connectivity index (χ1) is 8.99. The van der Waals surface area contributed by atoms with Gasteiger partial charge in [-0.25, -0.2) is 14.4 Å². The van der Waals surface area contributed by atoms with Crippen molar-refractivity contribution in [1.29, 1.82) is 0 Å². The van der Waals surface area contributed by atoms with E-state index in [2.05, 4.69) is 9.97 Å². The van der Waals surface area contributed by atoms with Gasteiger partial charge in [0.25, 0.3) is 11.8 Å². The van der Waals surface area contributed by atoms with E-state index in [1.807, 2.05) is 0 Å². The molecule has 0 amide bonds. The number of rotatable bonds is 3. The standard InChI is InChI=1S/C12H12ClFN2O3/c1-5(17)8-9(14)6(13)4-7-10(8)16-12(19-3)11(15-7)18-2/h4-5,17H,1-3H3. The van der Waals surface area contributed by atoms with E-state index in [9.17, 15) is 9.50 Å². The fourth-order valence-electron chi connectivity index (χ4n) is 1.78. The van der Waals surface area contributed by atoms with Crippen molar-refractivity contribution < 1.29 is 19.0 Å². The van der Waals surface area contributed by atoms with Crippen LogP contribution >= 0.6 is 11.6 Å². The van der Waals surface area contributed by atoms with Crippen LogP contribution in [0.15, 0.2) is 6.07 Å². The van der Waals surface area contributed by atoms with Crippen molar-refractivity contribution in [3.63, 3.8) is 0 Å². The summed E-state index contributed by atoms with van der Waals surface area (Å²) in [5.41, 5.74) is 0.491. The molecule has 19 heavy (non-hydrogen) atoms. The van der Waals surface area contributed by atoms with Gasteiger partial charge in [0.2, 0.25) is 0 Å². The minimum atomic E-state index is -1.08. The molecule has 7 heteroatoms. The Hall–Kier alpha value is -1.66. The third kappa shape index (κ3) is 2.29. The maximum absolute atomic E-state index is 14.0. The number of hydrogen-bond acceptors (Lipinski definition) is 5. The smallest absolute Gasteiger partial charge is 0.278 e. The Kier molecular flexibility index (Phi) is 3.73. The van der Waals surface area contributed by atoms with Crippen LogP contribution in [0.1, 0.15) is 18.6 Å². The summed E-state index contributed by atoms with van der Waals surface area (Å²) in [6, 6.07) is 1.33. The highest BCUT2D eigenvalue weighted by Gasteiger charge is 2.21. The van der Waals surface area contributed by atoms with Crippen LogP contribution in [0, 0.1) is 5.82 Å². The van der Waals surface area contributed by atoms with Crippen LogP contribution in [0.4, 0.5) is 4.39 Å². The minimum absolute atomic E-state index is 0.0176. The first-order valence-corrected chi connectivity index (χ1v) is 5.83. The summed E-state index contributed by atoms with van der Waals surface area (Å²) >= 11 is 5.78. The number of benzene rings is 1. The quantitative estimate of drug-likeness (QED) is 0.939. The highest BCUT2D eigenvalue weighted by molar-refractivity contribution is 6.31. The molecule has 1 aromatic heterocycles. The molecule has 0 aliphatic rings. The fraction of sp³-hybridized carbons (Fsp3) is 0.333. The normalized spacial score (nSPS) is 12.5. The van der Waals surface area contributed by atoms with Crippen molar-refractivity contribution in [2.45, 2.75) is 13.0 Å². The Morgan fingerprint density at radius 3 is 2.37 bits per heavy atom. The van der Waals surface area contributed by atoms with E-state index in [1.165, 1.54) is 27.2 Å². The number of aliphatic hydroxyl groups is 1. The molecule has 0 radical (unpaired) electrons. The summed E-state index contributed by atoms with van der Waals surface area (Å²) in [7, 11) is 2.81. The first kappa shape index (κ1) is 13.8. The molecule has 0 saturated heterocycles. The first-order valence-electron chi connectivity index (χ1n) is 5.45. The molecule has 102 valence electrons. The van der Waals surface area contributed by atoms with Crippen LogP contribution in [0.2, 0.25) is 5.02 Å². The maximum Gasteiger partial charge on any atom is 0.278 e. The SMILES string of the molecule is COc1nc2cc(Cl)c(F)c(C(C)O)c2nc1OC. The number of halogens is 2. The summed E-state index contributed by atoms with van der Waals surface area (Å²) in [6.07, 6.45) is -1.08. The van der Waals surface area contributed by atoms with Crippen molar-refractivity contribution in [2.24, 2.45) is 0 Å². The molecular weight excluding hydrogens is 275 g/mol. The molecule has 2 aromatic rings. The molecular formula is C12H12ClFN2O3. The van der Waals surface area contributed by atoms with E-state index in [1.54, 1.807) is 0 Å². The number of nitrogens with zero attached hydrogens (tertiary/aromatic N) is 2. The second kappa shape index (κ2) is 5.14. The second-order valence-electron chi connectivity index (χ2n) is 3.87. The highest BCUT2D eigenvalue weighted by atomic mass is 35.5. The van der Waals surface area contributed by atoms with Gasteiger partial charge in [-0.15, -0.1) is 0 Å². The monoisotopic (exact) mass is 286 g/mol. The minimum Gasteiger partial charge on any atom is -0.477 e. The number of hydrogen-bond donors (Lipinski definition) is 1. The average molecular weight is 287 g/mol. The van der Waals surface area contributed by atoms with Crippen LogP contribution in [0.3, 0.4) is 0 Å². The van der Waals surface area contributed by atoms with Gasteiger partial charge in [0.1, 0.15) is 11.3 Å². The molecule has 1 N–H and O–H groups in total. The van der Waals surface area contributed by atoms with Gasteiger partial charge in [0.15, 0.2) is 0 Å². The summed E-state index contributed by atoms with van der Waals surface area (Å²) in [5.74, 6) is -0.446. The van der Waals surface area contributed by atoms with Crippen LogP contribution in [0.5, 0.6) is 11.8 Å².